The van der Waals surface area contributed by atoms with Crippen LogP contribution < -0.4 is 11.1 Å². The van der Waals surface area contributed by atoms with E-state index in [0.29, 0.717) is 5.92 Å². The van der Waals surface area contributed by atoms with Gasteiger partial charge in [-0.3, -0.25) is 4.79 Å². The molecule has 0 bridgehead atoms. The van der Waals surface area contributed by atoms with Crippen molar-refractivity contribution in [1.29, 1.82) is 0 Å². The topological polar surface area (TPSA) is 60.0 Å². The highest BCUT2D eigenvalue weighted by Gasteiger charge is 2.16. The van der Waals surface area contributed by atoms with Gasteiger partial charge >= 0.3 is 0 Å². The Morgan fingerprint density at radius 2 is 1.95 bits per heavy atom. The van der Waals surface area contributed by atoms with Gasteiger partial charge in [0.1, 0.15) is 5.69 Å². The van der Waals surface area contributed by atoms with Crippen LogP contribution in [0.2, 0.25) is 0 Å². The lowest BCUT2D eigenvalue weighted by molar-refractivity contribution is 0.0934. The van der Waals surface area contributed by atoms with E-state index in [-0.39, 0.29) is 5.91 Å². The molecule has 22 heavy (non-hydrogen) atoms. The maximum absolute atomic E-state index is 12.4. The fourth-order valence-corrected chi connectivity index (χ4v) is 3.31. The van der Waals surface area contributed by atoms with E-state index in [1.807, 2.05) is 18.3 Å². The van der Waals surface area contributed by atoms with E-state index in [1.54, 1.807) is 0 Å². The molecule has 4 nitrogen and oxygen atoms in total. The minimum Gasteiger partial charge on any atom is -0.350 e. The summed E-state index contributed by atoms with van der Waals surface area (Å²) in [6.07, 6.45) is 13.1. The van der Waals surface area contributed by atoms with E-state index in [1.165, 1.54) is 44.9 Å². The van der Waals surface area contributed by atoms with E-state index < -0.39 is 0 Å². The van der Waals surface area contributed by atoms with Crippen LogP contribution in [0.1, 0.15) is 68.3 Å². The lowest BCUT2D eigenvalue weighted by Gasteiger charge is -2.21. The minimum absolute atomic E-state index is 0.0810. The largest absolute Gasteiger partial charge is 0.350 e. The predicted octanol–water partition coefficient (Wildman–Crippen LogP) is 3.32. The summed E-state index contributed by atoms with van der Waals surface area (Å²) in [5.74, 6) is 0.759. The number of amides is 1. The molecule has 0 aromatic carbocycles. The van der Waals surface area contributed by atoms with Crippen molar-refractivity contribution in [3.05, 3.63) is 24.0 Å². The Kier molecular flexibility index (Phi) is 7.50. The first kappa shape index (κ1) is 17.1. The average molecular weight is 305 g/mol. The lowest BCUT2D eigenvalue weighted by Crippen LogP contribution is -2.31. The first-order valence-corrected chi connectivity index (χ1v) is 8.94. The number of nitrogens with zero attached hydrogens (tertiary/aromatic N) is 1. The molecular weight excluding hydrogens is 274 g/mol. The second kappa shape index (κ2) is 9.67. The molecule has 4 heteroatoms. The summed E-state index contributed by atoms with van der Waals surface area (Å²) in [5, 5.41) is 3.13. The third kappa shape index (κ3) is 5.48. The molecule has 0 atom stereocenters. The predicted molar refractivity (Wildman–Crippen MR) is 90.9 cm³/mol. The average Bonchev–Trinajstić information content (AvgIpc) is 3.02. The Labute approximate surface area is 134 Å². The molecule has 124 valence electrons. The van der Waals surface area contributed by atoms with Crippen molar-refractivity contribution in [2.75, 3.05) is 13.1 Å². The summed E-state index contributed by atoms with van der Waals surface area (Å²) in [4.78, 5) is 12.4. The van der Waals surface area contributed by atoms with Gasteiger partial charge in [0.05, 0.1) is 0 Å². The fraction of sp³-hybridized carbons (Fsp3) is 0.722. The van der Waals surface area contributed by atoms with Crippen LogP contribution in [-0.2, 0) is 6.54 Å². The van der Waals surface area contributed by atoms with Crippen molar-refractivity contribution >= 4 is 5.91 Å². The molecule has 1 fully saturated rings. The van der Waals surface area contributed by atoms with Crippen molar-refractivity contribution in [3.8, 4) is 0 Å². The molecule has 0 aliphatic heterocycles. The Morgan fingerprint density at radius 1 is 1.18 bits per heavy atom. The SMILES string of the molecule is NCCCCCCn1cccc1C(=O)NCC1CCCCC1. The molecule has 1 heterocycles. The van der Waals surface area contributed by atoms with Crippen molar-refractivity contribution in [2.24, 2.45) is 11.7 Å². The number of hydrogen-bond acceptors (Lipinski definition) is 2. The van der Waals surface area contributed by atoms with Crippen LogP contribution in [0.25, 0.3) is 0 Å². The molecule has 0 spiro atoms. The molecule has 0 saturated heterocycles. The highest BCUT2D eigenvalue weighted by Crippen LogP contribution is 2.22. The zero-order chi connectivity index (χ0) is 15.6. The molecular formula is C18H31N3O. The molecule has 1 aliphatic rings. The quantitative estimate of drug-likeness (QED) is 0.688. The number of hydrogen-bond donors (Lipinski definition) is 2. The minimum atomic E-state index is 0.0810. The van der Waals surface area contributed by atoms with Crippen molar-refractivity contribution in [1.82, 2.24) is 9.88 Å². The van der Waals surface area contributed by atoms with Gasteiger partial charge in [0.2, 0.25) is 0 Å². The fourth-order valence-electron chi connectivity index (χ4n) is 3.31. The highest BCUT2D eigenvalue weighted by molar-refractivity contribution is 5.92. The van der Waals surface area contributed by atoms with E-state index in [9.17, 15) is 4.79 Å². The number of carbonyl (C=O) groups excluding carboxylic acids is 1. The highest BCUT2D eigenvalue weighted by atomic mass is 16.1. The van der Waals surface area contributed by atoms with Gasteiger partial charge in [0.15, 0.2) is 0 Å². The van der Waals surface area contributed by atoms with Gasteiger partial charge < -0.3 is 15.6 Å². The van der Waals surface area contributed by atoms with Crippen LogP contribution in [0.4, 0.5) is 0 Å². The monoisotopic (exact) mass is 305 g/mol. The number of aryl methyl sites for hydroxylation is 1. The summed E-state index contributed by atoms with van der Waals surface area (Å²) in [6.45, 7) is 2.53. The number of nitrogens with two attached hydrogens (primary N) is 1. The zero-order valence-electron chi connectivity index (χ0n) is 13.7. The molecule has 0 radical (unpaired) electrons. The van der Waals surface area contributed by atoms with Crippen molar-refractivity contribution in [3.63, 3.8) is 0 Å². The van der Waals surface area contributed by atoms with Gasteiger partial charge in [-0.15, -0.1) is 0 Å². The maximum atomic E-state index is 12.4. The molecule has 1 amide bonds. The first-order chi connectivity index (χ1) is 10.8. The van der Waals surface area contributed by atoms with Gasteiger partial charge in [-0.2, -0.15) is 0 Å². The summed E-state index contributed by atoms with van der Waals surface area (Å²) in [6, 6.07) is 3.89. The van der Waals surface area contributed by atoms with Crippen molar-refractivity contribution in [2.45, 2.75) is 64.3 Å². The molecule has 0 unspecified atom stereocenters. The third-order valence-corrected chi connectivity index (χ3v) is 4.69. The zero-order valence-corrected chi connectivity index (χ0v) is 13.7. The second-order valence-corrected chi connectivity index (χ2v) is 6.50. The van der Waals surface area contributed by atoms with Gasteiger partial charge in [-0.05, 0) is 50.3 Å². The summed E-state index contributed by atoms with van der Waals surface area (Å²) < 4.78 is 2.08. The van der Waals surface area contributed by atoms with Gasteiger partial charge in [0, 0.05) is 19.3 Å². The summed E-state index contributed by atoms with van der Waals surface area (Å²) in [5.41, 5.74) is 6.31. The Hall–Kier alpha value is -1.29. The van der Waals surface area contributed by atoms with Crippen LogP contribution in [0.5, 0.6) is 0 Å². The Morgan fingerprint density at radius 3 is 2.73 bits per heavy atom. The van der Waals surface area contributed by atoms with Crippen LogP contribution >= 0.6 is 0 Å². The second-order valence-electron chi connectivity index (χ2n) is 6.50. The standard InChI is InChI=1S/C18H31N3O/c19-12-6-1-2-7-13-21-14-8-11-17(21)18(22)20-15-16-9-4-3-5-10-16/h8,11,14,16H,1-7,9-10,12-13,15,19H2,(H,20,22). The van der Waals surface area contributed by atoms with Crippen LogP contribution in [0.15, 0.2) is 18.3 Å². The Bertz CT molecular complexity index is 435. The van der Waals surface area contributed by atoms with Crippen LogP contribution in [-0.4, -0.2) is 23.6 Å². The van der Waals surface area contributed by atoms with E-state index >= 15 is 0 Å². The molecule has 1 aromatic heterocycles. The van der Waals surface area contributed by atoms with E-state index in [0.717, 1.165) is 38.2 Å². The summed E-state index contributed by atoms with van der Waals surface area (Å²) >= 11 is 0. The summed E-state index contributed by atoms with van der Waals surface area (Å²) in [7, 11) is 0. The molecule has 1 saturated carbocycles. The smallest absolute Gasteiger partial charge is 0.267 e. The number of rotatable bonds is 9. The van der Waals surface area contributed by atoms with Gasteiger partial charge in [-0.25, -0.2) is 0 Å². The normalized spacial score (nSPS) is 15.9. The maximum Gasteiger partial charge on any atom is 0.267 e. The molecule has 3 N–H and O–H groups in total. The molecule has 1 aromatic rings. The molecule has 2 rings (SSSR count). The van der Waals surface area contributed by atoms with E-state index in [4.69, 9.17) is 5.73 Å². The van der Waals surface area contributed by atoms with E-state index in [2.05, 4.69) is 9.88 Å². The van der Waals surface area contributed by atoms with Crippen LogP contribution in [0.3, 0.4) is 0 Å². The third-order valence-electron chi connectivity index (χ3n) is 4.69. The van der Waals surface area contributed by atoms with Crippen LogP contribution in [0, 0.1) is 5.92 Å². The number of aromatic nitrogens is 1. The number of carbonyl (C=O) groups is 1. The van der Waals surface area contributed by atoms with Gasteiger partial charge in [-0.1, -0.05) is 32.1 Å². The number of nitrogens with one attached hydrogen (secondary N) is 1. The first-order valence-electron chi connectivity index (χ1n) is 8.94. The van der Waals surface area contributed by atoms with Gasteiger partial charge in [0.25, 0.3) is 5.91 Å². The number of unbranched alkanes of at least 4 members (excludes halogenated alkanes) is 3. The Balaban J connectivity index is 1.73. The lowest BCUT2D eigenvalue weighted by atomic mass is 9.89. The molecule has 1 aliphatic carbocycles. The van der Waals surface area contributed by atoms with Crippen molar-refractivity contribution < 1.29 is 4.79 Å².